The van der Waals surface area contributed by atoms with E-state index in [4.69, 9.17) is 4.98 Å². The molecule has 4 heteroatoms. The maximum absolute atomic E-state index is 12.8. The Balaban J connectivity index is 1.49. The zero-order valence-electron chi connectivity index (χ0n) is 16.4. The fourth-order valence-corrected chi connectivity index (χ4v) is 4.14. The third-order valence-electron chi connectivity index (χ3n) is 5.79. The van der Waals surface area contributed by atoms with Gasteiger partial charge in [-0.15, -0.1) is 0 Å². The van der Waals surface area contributed by atoms with Gasteiger partial charge >= 0.3 is 0 Å². The van der Waals surface area contributed by atoms with E-state index >= 15 is 0 Å². The summed E-state index contributed by atoms with van der Waals surface area (Å²) in [7, 11) is 0. The first-order valence-corrected chi connectivity index (χ1v) is 10.2. The van der Waals surface area contributed by atoms with Crippen LogP contribution in [-0.4, -0.2) is 33.9 Å². The third-order valence-corrected chi connectivity index (χ3v) is 5.79. The molecule has 0 spiro atoms. The molecule has 3 aromatic rings. The molecule has 1 saturated heterocycles. The van der Waals surface area contributed by atoms with E-state index in [-0.39, 0.29) is 5.91 Å². The van der Waals surface area contributed by atoms with Crippen molar-refractivity contribution in [1.82, 2.24) is 14.9 Å². The van der Waals surface area contributed by atoms with Gasteiger partial charge in [-0.25, -0.2) is 4.98 Å². The maximum Gasteiger partial charge on any atom is 0.253 e. The molecule has 0 bridgehead atoms. The van der Waals surface area contributed by atoms with Crippen molar-refractivity contribution in [2.24, 2.45) is 0 Å². The number of amides is 1. The van der Waals surface area contributed by atoms with Crippen molar-refractivity contribution in [1.29, 1.82) is 0 Å². The Kier molecular flexibility index (Phi) is 4.47. The number of benzene rings is 2. The van der Waals surface area contributed by atoms with Gasteiger partial charge in [0.25, 0.3) is 5.91 Å². The van der Waals surface area contributed by atoms with E-state index in [2.05, 4.69) is 41.9 Å². The van der Waals surface area contributed by atoms with Crippen LogP contribution in [0.5, 0.6) is 0 Å². The number of piperidine rings is 1. The highest BCUT2D eigenvalue weighted by Gasteiger charge is 2.19. The minimum atomic E-state index is 0.0953. The van der Waals surface area contributed by atoms with E-state index in [1.54, 1.807) is 0 Å². The average Bonchev–Trinajstić information content (AvgIpc) is 2.78. The number of carbonyl (C=O) groups excluding carboxylic acids is 1. The van der Waals surface area contributed by atoms with Crippen molar-refractivity contribution >= 4 is 23.0 Å². The van der Waals surface area contributed by atoms with Crippen molar-refractivity contribution in [3.05, 3.63) is 77.5 Å². The van der Waals surface area contributed by atoms with E-state index in [1.807, 2.05) is 29.3 Å². The zero-order chi connectivity index (χ0) is 19.8. The van der Waals surface area contributed by atoms with Crippen molar-refractivity contribution < 1.29 is 4.79 Å². The molecule has 5 rings (SSSR count). The van der Waals surface area contributed by atoms with Crippen LogP contribution in [0.25, 0.3) is 28.4 Å². The normalized spacial score (nSPS) is 16.1. The Morgan fingerprint density at radius 1 is 0.966 bits per heavy atom. The lowest BCUT2D eigenvalue weighted by Gasteiger charge is -2.26. The van der Waals surface area contributed by atoms with Gasteiger partial charge in [-0.05, 0) is 61.1 Å². The molecule has 1 fully saturated rings. The molecule has 0 unspecified atom stereocenters. The van der Waals surface area contributed by atoms with Gasteiger partial charge in [0.05, 0.1) is 22.9 Å². The monoisotopic (exact) mass is 381 g/mol. The summed E-state index contributed by atoms with van der Waals surface area (Å²) in [6.45, 7) is 5.73. The van der Waals surface area contributed by atoms with Crippen molar-refractivity contribution in [3.63, 3.8) is 0 Å². The fourth-order valence-electron chi connectivity index (χ4n) is 4.14. The summed E-state index contributed by atoms with van der Waals surface area (Å²) in [4.78, 5) is 24.2. The van der Waals surface area contributed by atoms with Crippen molar-refractivity contribution in [2.45, 2.75) is 25.7 Å². The second-order valence-corrected chi connectivity index (χ2v) is 7.89. The van der Waals surface area contributed by atoms with E-state index in [9.17, 15) is 4.79 Å². The van der Waals surface area contributed by atoms with Crippen LogP contribution in [0, 0.1) is 0 Å². The molecule has 0 N–H and O–H groups in total. The average molecular weight is 381 g/mol. The highest BCUT2D eigenvalue weighted by atomic mass is 16.2. The quantitative estimate of drug-likeness (QED) is 0.624. The second-order valence-electron chi connectivity index (χ2n) is 7.89. The largest absolute Gasteiger partial charge is 0.339 e. The number of carbonyl (C=O) groups is 1. The lowest BCUT2D eigenvalue weighted by Crippen LogP contribution is -2.35. The molecule has 1 aromatic heterocycles. The SMILES string of the molecule is C=C1C=Cc2cc(-c3cnc4ccc(C(=O)N5CCCCC5)cc4n3)ccc2C1. The van der Waals surface area contributed by atoms with E-state index < -0.39 is 0 Å². The Bertz CT molecular complexity index is 1160. The summed E-state index contributed by atoms with van der Waals surface area (Å²) in [6, 6.07) is 12.0. The first kappa shape index (κ1) is 17.8. The Morgan fingerprint density at radius 2 is 1.83 bits per heavy atom. The highest BCUT2D eigenvalue weighted by molar-refractivity contribution is 5.97. The number of hydrogen-bond acceptors (Lipinski definition) is 3. The van der Waals surface area contributed by atoms with Gasteiger partial charge in [-0.1, -0.05) is 36.4 Å². The van der Waals surface area contributed by atoms with Crippen LogP contribution < -0.4 is 0 Å². The molecule has 4 nitrogen and oxygen atoms in total. The van der Waals surface area contributed by atoms with Crippen LogP contribution in [0.15, 0.2) is 60.8 Å². The molecule has 1 aliphatic carbocycles. The van der Waals surface area contributed by atoms with Gasteiger partial charge in [0.15, 0.2) is 0 Å². The molecule has 29 heavy (non-hydrogen) atoms. The number of allylic oxidation sites excluding steroid dienone is 2. The number of hydrogen-bond donors (Lipinski definition) is 0. The third kappa shape index (κ3) is 3.46. The molecule has 0 radical (unpaired) electrons. The summed E-state index contributed by atoms with van der Waals surface area (Å²) >= 11 is 0. The lowest BCUT2D eigenvalue weighted by atomic mass is 9.92. The van der Waals surface area contributed by atoms with Crippen LogP contribution in [-0.2, 0) is 6.42 Å². The molecule has 0 atom stereocenters. The maximum atomic E-state index is 12.8. The molecule has 144 valence electrons. The van der Waals surface area contributed by atoms with Crippen LogP contribution in [0.1, 0.15) is 40.7 Å². The standard InChI is InChI=1S/C25H23N3O/c1-17-5-6-19-14-20(8-7-18(19)13-17)24-16-26-22-10-9-21(15-23(22)27-24)25(29)28-11-3-2-4-12-28/h5-10,14-16H,1-4,11-13H2. The summed E-state index contributed by atoms with van der Waals surface area (Å²) in [5, 5.41) is 0. The molecule has 0 saturated carbocycles. The van der Waals surface area contributed by atoms with E-state index in [1.165, 1.54) is 17.5 Å². The first-order valence-electron chi connectivity index (χ1n) is 10.2. The summed E-state index contributed by atoms with van der Waals surface area (Å²) in [5.41, 5.74) is 7.71. The lowest BCUT2D eigenvalue weighted by molar-refractivity contribution is 0.0724. The van der Waals surface area contributed by atoms with Crippen molar-refractivity contribution in [3.8, 4) is 11.3 Å². The summed E-state index contributed by atoms with van der Waals surface area (Å²) in [6.07, 6.45) is 10.2. The number of nitrogens with zero attached hydrogens (tertiary/aromatic N) is 3. The first-order chi connectivity index (χ1) is 14.2. The molecule has 1 amide bonds. The topological polar surface area (TPSA) is 46.1 Å². The predicted octanol–water partition coefficient (Wildman–Crippen LogP) is 5.05. The minimum absolute atomic E-state index is 0.0953. The van der Waals surface area contributed by atoms with Crippen LogP contribution in [0.2, 0.25) is 0 Å². The molecular weight excluding hydrogens is 358 g/mol. The van der Waals surface area contributed by atoms with Gasteiger partial charge in [0, 0.05) is 24.2 Å². The summed E-state index contributed by atoms with van der Waals surface area (Å²) in [5.74, 6) is 0.0953. The highest BCUT2D eigenvalue weighted by Crippen LogP contribution is 2.27. The molecule has 2 heterocycles. The smallest absolute Gasteiger partial charge is 0.253 e. The Morgan fingerprint density at radius 3 is 2.69 bits per heavy atom. The number of fused-ring (bicyclic) bond motifs is 2. The minimum Gasteiger partial charge on any atom is -0.339 e. The van der Waals surface area contributed by atoms with Crippen LogP contribution in [0.3, 0.4) is 0 Å². The molecular formula is C25H23N3O. The van der Waals surface area contributed by atoms with Gasteiger partial charge in [-0.3, -0.25) is 9.78 Å². The van der Waals surface area contributed by atoms with E-state index in [0.717, 1.165) is 60.2 Å². The van der Waals surface area contributed by atoms with Crippen molar-refractivity contribution in [2.75, 3.05) is 13.1 Å². The van der Waals surface area contributed by atoms with E-state index in [0.29, 0.717) is 5.56 Å². The fraction of sp³-hybridized carbons (Fsp3) is 0.240. The van der Waals surface area contributed by atoms with Gasteiger partial charge < -0.3 is 4.90 Å². The van der Waals surface area contributed by atoms with Gasteiger partial charge in [0.1, 0.15) is 0 Å². The Labute approximate surface area is 170 Å². The zero-order valence-corrected chi connectivity index (χ0v) is 16.4. The molecule has 2 aliphatic rings. The predicted molar refractivity (Wildman–Crippen MR) is 117 cm³/mol. The second kappa shape index (κ2) is 7.28. The van der Waals surface area contributed by atoms with Crippen LogP contribution in [0.4, 0.5) is 0 Å². The number of rotatable bonds is 2. The van der Waals surface area contributed by atoms with Crippen LogP contribution >= 0.6 is 0 Å². The summed E-state index contributed by atoms with van der Waals surface area (Å²) < 4.78 is 0. The van der Waals surface area contributed by atoms with Gasteiger partial charge in [-0.2, -0.15) is 0 Å². The molecule has 1 aliphatic heterocycles. The number of likely N-dealkylation sites (tertiary alicyclic amines) is 1. The van der Waals surface area contributed by atoms with Gasteiger partial charge in [0.2, 0.25) is 0 Å². The molecule has 2 aromatic carbocycles. The Hall–Kier alpha value is -3.27. The number of aromatic nitrogens is 2.